The van der Waals surface area contributed by atoms with Crippen LogP contribution in [0.25, 0.3) is 0 Å². The smallest absolute Gasteiger partial charge is 0.425 e. The number of alkyl halides is 3. The van der Waals surface area contributed by atoms with Gasteiger partial charge in [-0.15, -0.1) is 0 Å². The van der Waals surface area contributed by atoms with Crippen molar-refractivity contribution in [3.8, 4) is 0 Å². The predicted octanol–water partition coefficient (Wildman–Crippen LogP) is -0.254. The van der Waals surface area contributed by atoms with Gasteiger partial charge in [-0.05, 0) is 0 Å². The van der Waals surface area contributed by atoms with E-state index in [1.807, 2.05) is 0 Å². The molecule has 0 saturated heterocycles. The van der Waals surface area contributed by atoms with Crippen LogP contribution in [0.4, 0.5) is 13.2 Å². The van der Waals surface area contributed by atoms with Crippen LogP contribution in [0.2, 0.25) is 0 Å². The van der Waals surface area contributed by atoms with Crippen molar-refractivity contribution in [1.29, 1.82) is 0 Å². The molecular weight excluding hydrogens is 136 g/mol. The van der Waals surface area contributed by atoms with Gasteiger partial charge in [-0.25, -0.2) is 13.2 Å². The third-order valence-electron chi connectivity index (χ3n) is 1.37. The van der Waals surface area contributed by atoms with Crippen LogP contribution < -0.4 is 0 Å². The van der Waals surface area contributed by atoms with Gasteiger partial charge in [0.05, 0.1) is 6.42 Å². The van der Waals surface area contributed by atoms with Crippen LogP contribution in [0.3, 0.4) is 0 Å². The molecule has 0 amide bonds. The summed E-state index contributed by atoms with van der Waals surface area (Å²) in [5, 5.41) is 16.0. The van der Waals surface area contributed by atoms with Gasteiger partial charge in [-0.2, -0.15) is 0 Å². The van der Waals surface area contributed by atoms with E-state index in [1.165, 1.54) is 0 Å². The highest BCUT2D eigenvalue weighted by Crippen LogP contribution is 2.56. The van der Waals surface area contributed by atoms with Gasteiger partial charge in [0.25, 0.3) is 5.92 Å². The molecule has 1 rings (SSSR count). The lowest BCUT2D eigenvalue weighted by atomic mass is 9.80. The fourth-order valence-corrected chi connectivity index (χ4v) is 0.559. The van der Waals surface area contributed by atoms with Crippen LogP contribution in [0, 0.1) is 0 Å². The van der Waals surface area contributed by atoms with Gasteiger partial charge in [0.2, 0.25) is 5.57 Å². The molecule has 0 bridgehead atoms. The van der Waals surface area contributed by atoms with Gasteiger partial charge in [0.1, 0.15) is 0 Å². The second kappa shape index (κ2) is 1.43. The molecule has 1 aliphatic carbocycles. The van der Waals surface area contributed by atoms with E-state index in [9.17, 15) is 13.2 Å². The Hall–Kier alpha value is -0.225. The Bertz CT molecular complexity index is 139. The number of rotatable bonds is 1. The molecule has 1 saturated carbocycles. The first-order chi connectivity index (χ1) is 3.90. The zero-order chi connectivity index (χ0) is 7.28. The standard InChI is InChI=1S/C3H4BF3O2/c5-2(4(8)9)1-3(2,6)7/h8-9H,1H2. The molecule has 1 atom stereocenters. The van der Waals surface area contributed by atoms with Crippen molar-refractivity contribution < 1.29 is 23.2 Å². The van der Waals surface area contributed by atoms with Gasteiger partial charge in [-0.3, -0.25) is 0 Å². The van der Waals surface area contributed by atoms with E-state index in [2.05, 4.69) is 0 Å². The second-order valence-electron chi connectivity index (χ2n) is 2.12. The van der Waals surface area contributed by atoms with Crippen molar-refractivity contribution in [2.45, 2.75) is 17.9 Å². The molecule has 52 valence electrons. The lowest BCUT2D eigenvalue weighted by Crippen LogP contribution is -2.34. The molecule has 0 aromatic heterocycles. The summed E-state index contributed by atoms with van der Waals surface area (Å²) in [5.74, 6) is -3.54. The van der Waals surface area contributed by atoms with Crippen LogP contribution in [0.5, 0.6) is 0 Å². The highest BCUT2D eigenvalue weighted by atomic mass is 19.3. The van der Waals surface area contributed by atoms with Gasteiger partial charge in [0.15, 0.2) is 0 Å². The Morgan fingerprint density at radius 3 is 1.56 bits per heavy atom. The van der Waals surface area contributed by atoms with Gasteiger partial charge in [0, 0.05) is 0 Å². The Kier molecular flexibility index (Phi) is 1.10. The molecule has 0 radical (unpaired) electrons. The monoisotopic (exact) mass is 140 g/mol. The summed E-state index contributed by atoms with van der Waals surface area (Å²) in [6.45, 7) is 0. The second-order valence-corrected chi connectivity index (χ2v) is 2.12. The van der Waals surface area contributed by atoms with E-state index in [0.717, 1.165) is 0 Å². The lowest BCUT2D eigenvalue weighted by Gasteiger charge is -2.01. The average molecular weight is 140 g/mol. The van der Waals surface area contributed by atoms with Crippen molar-refractivity contribution in [3.63, 3.8) is 0 Å². The fourth-order valence-electron chi connectivity index (χ4n) is 0.559. The normalized spacial score (nSPS) is 38.3. The lowest BCUT2D eigenvalue weighted by molar-refractivity contribution is 0.0607. The quantitative estimate of drug-likeness (QED) is 0.492. The molecule has 2 nitrogen and oxygen atoms in total. The molecule has 0 aromatic carbocycles. The highest BCUT2D eigenvalue weighted by molar-refractivity contribution is 6.47. The molecule has 0 aromatic rings. The summed E-state index contributed by atoms with van der Waals surface area (Å²) >= 11 is 0. The molecule has 1 fully saturated rings. The van der Waals surface area contributed by atoms with Crippen LogP contribution >= 0.6 is 0 Å². The van der Waals surface area contributed by atoms with Crippen LogP contribution in [-0.2, 0) is 0 Å². The topological polar surface area (TPSA) is 40.5 Å². The number of hydrogen-bond acceptors (Lipinski definition) is 2. The van der Waals surface area contributed by atoms with Crippen LogP contribution in [-0.4, -0.2) is 28.7 Å². The molecule has 0 aliphatic heterocycles. The molecular formula is C3H4BF3O2. The number of halogens is 3. The van der Waals surface area contributed by atoms with Crippen LogP contribution in [0.1, 0.15) is 6.42 Å². The van der Waals surface area contributed by atoms with Crippen molar-refractivity contribution in [2.75, 3.05) is 0 Å². The van der Waals surface area contributed by atoms with Gasteiger partial charge >= 0.3 is 7.12 Å². The average Bonchev–Trinajstić information content (AvgIpc) is 2.08. The molecule has 2 N–H and O–H groups in total. The molecule has 1 aliphatic rings. The van der Waals surface area contributed by atoms with E-state index in [-0.39, 0.29) is 0 Å². The predicted molar refractivity (Wildman–Crippen MR) is 23.6 cm³/mol. The summed E-state index contributed by atoms with van der Waals surface area (Å²) < 4.78 is 35.6. The van der Waals surface area contributed by atoms with E-state index in [1.54, 1.807) is 0 Å². The first-order valence-corrected chi connectivity index (χ1v) is 2.33. The summed E-state index contributed by atoms with van der Waals surface area (Å²) in [4.78, 5) is 0. The zero-order valence-electron chi connectivity index (χ0n) is 4.31. The minimum Gasteiger partial charge on any atom is -0.425 e. The van der Waals surface area contributed by atoms with E-state index in [0.29, 0.717) is 0 Å². The third-order valence-corrected chi connectivity index (χ3v) is 1.37. The van der Waals surface area contributed by atoms with Gasteiger partial charge < -0.3 is 10.0 Å². The van der Waals surface area contributed by atoms with Crippen molar-refractivity contribution in [3.05, 3.63) is 0 Å². The van der Waals surface area contributed by atoms with Crippen molar-refractivity contribution in [1.82, 2.24) is 0 Å². The first kappa shape index (κ1) is 6.89. The van der Waals surface area contributed by atoms with Crippen molar-refractivity contribution >= 4 is 7.12 Å². The Morgan fingerprint density at radius 1 is 1.22 bits per heavy atom. The summed E-state index contributed by atoms with van der Waals surface area (Å²) in [5.41, 5.74) is -3.08. The zero-order valence-corrected chi connectivity index (χ0v) is 4.31. The number of hydrogen-bond donors (Lipinski definition) is 2. The van der Waals surface area contributed by atoms with Crippen LogP contribution in [0.15, 0.2) is 0 Å². The van der Waals surface area contributed by atoms with E-state index >= 15 is 0 Å². The van der Waals surface area contributed by atoms with Crippen molar-refractivity contribution in [2.24, 2.45) is 0 Å². The summed E-state index contributed by atoms with van der Waals surface area (Å²) in [7, 11) is -2.56. The molecule has 6 heteroatoms. The molecule has 1 unspecified atom stereocenters. The highest BCUT2D eigenvalue weighted by Gasteiger charge is 2.79. The summed E-state index contributed by atoms with van der Waals surface area (Å²) in [6, 6.07) is 0. The fraction of sp³-hybridized carbons (Fsp3) is 1.00. The molecule has 9 heavy (non-hydrogen) atoms. The molecule has 0 heterocycles. The largest absolute Gasteiger partial charge is 0.498 e. The minimum absolute atomic E-state index is 1.09. The Labute approximate surface area is 49.4 Å². The SMILES string of the molecule is OB(O)C1(F)CC1(F)F. The van der Waals surface area contributed by atoms with E-state index in [4.69, 9.17) is 10.0 Å². The van der Waals surface area contributed by atoms with Gasteiger partial charge in [-0.1, -0.05) is 0 Å². The molecule has 0 spiro atoms. The maximum atomic E-state index is 12.2. The maximum Gasteiger partial charge on any atom is 0.498 e. The Balaban J connectivity index is 2.63. The summed E-state index contributed by atoms with van der Waals surface area (Å²) in [6.07, 6.45) is -1.09. The Morgan fingerprint density at radius 2 is 1.56 bits per heavy atom. The first-order valence-electron chi connectivity index (χ1n) is 2.33. The maximum absolute atomic E-state index is 12.2. The van der Waals surface area contributed by atoms with E-state index < -0.39 is 25.0 Å². The minimum atomic E-state index is -3.54. The third kappa shape index (κ3) is 0.736.